The van der Waals surface area contributed by atoms with Crippen molar-refractivity contribution in [2.75, 3.05) is 5.75 Å². The number of hydrogen-bond donors (Lipinski definition) is 1. The summed E-state index contributed by atoms with van der Waals surface area (Å²) in [6, 6.07) is 0. The summed E-state index contributed by atoms with van der Waals surface area (Å²) in [6.07, 6.45) is 5.57. The minimum absolute atomic E-state index is 0.287. The Labute approximate surface area is 93.0 Å². The molecule has 1 saturated heterocycles. The van der Waals surface area contributed by atoms with Crippen molar-refractivity contribution < 1.29 is 4.52 Å². The Morgan fingerprint density at radius 1 is 1.40 bits per heavy atom. The summed E-state index contributed by atoms with van der Waals surface area (Å²) >= 11 is 1.91. The molecule has 1 aromatic heterocycles. The smallest absolute Gasteiger partial charge is 0.239 e. The van der Waals surface area contributed by atoms with Gasteiger partial charge in [-0.25, -0.2) is 0 Å². The van der Waals surface area contributed by atoms with Gasteiger partial charge < -0.3 is 10.3 Å². The number of hydrogen-bond acceptors (Lipinski definition) is 5. The lowest BCUT2D eigenvalue weighted by Gasteiger charge is -2.34. The maximum Gasteiger partial charge on any atom is 0.239 e. The van der Waals surface area contributed by atoms with Crippen LogP contribution in [0.3, 0.4) is 0 Å². The summed E-state index contributed by atoms with van der Waals surface area (Å²) in [6.45, 7) is 0. The van der Waals surface area contributed by atoms with Crippen LogP contribution < -0.4 is 5.73 Å². The first-order valence-electron chi connectivity index (χ1n) is 5.52. The summed E-state index contributed by atoms with van der Waals surface area (Å²) in [5, 5.41) is 4.44. The van der Waals surface area contributed by atoms with Gasteiger partial charge in [-0.1, -0.05) is 5.16 Å². The quantitative estimate of drug-likeness (QED) is 0.833. The highest BCUT2D eigenvalue weighted by Crippen LogP contribution is 2.41. The van der Waals surface area contributed by atoms with Crippen LogP contribution in [0.4, 0.5) is 0 Å². The maximum atomic E-state index is 6.14. The highest BCUT2D eigenvalue weighted by molar-refractivity contribution is 7.99. The Kier molecular flexibility index (Phi) is 2.25. The van der Waals surface area contributed by atoms with Crippen LogP contribution in [0.1, 0.15) is 49.1 Å². The lowest BCUT2D eigenvalue weighted by molar-refractivity contribution is 0.229. The van der Waals surface area contributed by atoms with Gasteiger partial charge in [-0.2, -0.15) is 4.98 Å². The van der Waals surface area contributed by atoms with E-state index in [2.05, 4.69) is 10.1 Å². The maximum absolute atomic E-state index is 6.14. The first-order valence-corrected chi connectivity index (χ1v) is 6.57. The van der Waals surface area contributed by atoms with Gasteiger partial charge in [0.15, 0.2) is 5.82 Å². The molecule has 1 atom stereocenters. The molecule has 2 aliphatic rings. The molecule has 1 aliphatic heterocycles. The van der Waals surface area contributed by atoms with Crippen molar-refractivity contribution in [1.29, 1.82) is 0 Å². The molecule has 15 heavy (non-hydrogen) atoms. The molecule has 2 N–H and O–H groups in total. The third kappa shape index (κ3) is 1.58. The normalized spacial score (nSPS) is 29.0. The van der Waals surface area contributed by atoms with E-state index in [4.69, 9.17) is 10.3 Å². The average molecular weight is 225 g/mol. The van der Waals surface area contributed by atoms with Crippen molar-refractivity contribution in [2.45, 2.75) is 42.9 Å². The largest absolute Gasteiger partial charge is 0.338 e. The zero-order valence-electron chi connectivity index (χ0n) is 8.61. The molecule has 3 rings (SSSR count). The minimum atomic E-state index is -0.287. The molecule has 1 aliphatic carbocycles. The number of thioether (sulfide) groups is 1. The third-order valence-corrected chi connectivity index (χ3v) is 4.70. The van der Waals surface area contributed by atoms with Gasteiger partial charge in [-0.3, -0.25) is 0 Å². The SMILES string of the molecule is NC1(c2noc(C3CCCS3)n2)CCC1. The van der Waals surface area contributed by atoms with Gasteiger partial charge in [0, 0.05) is 0 Å². The zero-order chi connectivity index (χ0) is 10.3. The third-order valence-electron chi connectivity index (χ3n) is 3.34. The van der Waals surface area contributed by atoms with Crippen LogP contribution >= 0.6 is 11.8 Å². The van der Waals surface area contributed by atoms with E-state index < -0.39 is 0 Å². The Hall–Kier alpha value is -0.550. The molecule has 0 radical (unpaired) electrons. The first-order chi connectivity index (χ1) is 7.28. The van der Waals surface area contributed by atoms with Crippen LogP contribution in [0.25, 0.3) is 0 Å². The van der Waals surface area contributed by atoms with Gasteiger partial charge in [0.2, 0.25) is 5.89 Å². The molecule has 0 spiro atoms. The number of rotatable bonds is 2. The average Bonchev–Trinajstić information content (AvgIpc) is 2.84. The van der Waals surface area contributed by atoms with Crippen LogP contribution in [0.2, 0.25) is 0 Å². The molecule has 0 aromatic carbocycles. The monoisotopic (exact) mass is 225 g/mol. The predicted octanol–water partition coefficient (Wildman–Crippen LogP) is 1.98. The van der Waals surface area contributed by atoms with E-state index in [-0.39, 0.29) is 5.54 Å². The van der Waals surface area contributed by atoms with Gasteiger partial charge >= 0.3 is 0 Å². The second kappa shape index (κ2) is 3.49. The predicted molar refractivity (Wildman–Crippen MR) is 58.4 cm³/mol. The summed E-state index contributed by atoms with van der Waals surface area (Å²) < 4.78 is 5.31. The number of nitrogens with zero attached hydrogens (tertiary/aromatic N) is 2. The molecule has 0 amide bonds. The summed E-state index contributed by atoms with van der Waals surface area (Å²) in [5.74, 6) is 2.70. The fourth-order valence-electron chi connectivity index (χ4n) is 2.12. The Bertz CT molecular complexity index is 355. The summed E-state index contributed by atoms with van der Waals surface area (Å²) in [4.78, 5) is 4.46. The molecule has 2 fully saturated rings. The number of nitrogens with two attached hydrogens (primary N) is 1. The molecule has 4 nitrogen and oxygen atoms in total. The van der Waals surface area contributed by atoms with E-state index in [1.807, 2.05) is 11.8 Å². The first kappa shape index (κ1) is 9.66. The zero-order valence-corrected chi connectivity index (χ0v) is 9.42. The van der Waals surface area contributed by atoms with E-state index in [1.165, 1.54) is 18.6 Å². The van der Waals surface area contributed by atoms with Crippen molar-refractivity contribution >= 4 is 11.8 Å². The van der Waals surface area contributed by atoms with Crippen LogP contribution in [0, 0.1) is 0 Å². The Morgan fingerprint density at radius 3 is 2.87 bits per heavy atom. The van der Waals surface area contributed by atoms with Gasteiger partial charge in [-0.15, -0.1) is 11.8 Å². The highest BCUT2D eigenvalue weighted by atomic mass is 32.2. The van der Waals surface area contributed by atoms with Gasteiger partial charge in [0.05, 0.1) is 10.8 Å². The second-order valence-corrected chi connectivity index (χ2v) is 5.78. The topological polar surface area (TPSA) is 64.9 Å². The van der Waals surface area contributed by atoms with Gasteiger partial charge in [0.1, 0.15) is 0 Å². The lowest BCUT2D eigenvalue weighted by Crippen LogP contribution is -2.44. The standard InChI is InChI=1S/C10H15N3OS/c11-10(4-2-5-10)9-12-8(14-13-9)7-3-1-6-15-7/h7H,1-6,11H2. The minimum Gasteiger partial charge on any atom is -0.338 e. The van der Waals surface area contributed by atoms with E-state index in [0.29, 0.717) is 5.25 Å². The van der Waals surface area contributed by atoms with Crippen molar-refractivity contribution in [2.24, 2.45) is 5.73 Å². The molecule has 1 saturated carbocycles. The van der Waals surface area contributed by atoms with Gasteiger partial charge in [0.25, 0.3) is 0 Å². The molecule has 1 aromatic rings. The van der Waals surface area contributed by atoms with Crippen LogP contribution in [-0.4, -0.2) is 15.9 Å². The van der Waals surface area contributed by atoms with Crippen molar-refractivity contribution in [3.05, 3.63) is 11.7 Å². The van der Waals surface area contributed by atoms with E-state index >= 15 is 0 Å². The Balaban J connectivity index is 1.80. The molecular weight excluding hydrogens is 210 g/mol. The molecule has 5 heteroatoms. The van der Waals surface area contributed by atoms with Crippen LogP contribution in [0.5, 0.6) is 0 Å². The molecule has 0 bridgehead atoms. The van der Waals surface area contributed by atoms with E-state index in [9.17, 15) is 0 Å². The second-order valence-electron chi connectivity index (χ2n) is 4.47. The summed E-state index contributed by atoms with van der Waals surface area (Å²) in [5.41, 5.74) is 5.86. The van der Waals surface area contributed by atoms with Crippen molar-refractivity contribution in [1.82, 2.24) is 10.1 Å². The van der Waals surface area contributed by atoms with E-state index in [0.717, 1.165) is 31.0 Å². The fraction of sp³-hybridized carbons (Fsp3) is 0.800. The Morgan fingerprint density at radius 2 is 2.27 bits per heavy atom. The van der Waals surface area contributed by atoms with Crippen LogP contribution in [0.15, 0.2) is 4.52 Å². The molecule has 82 valence electrons. The van der Waals surface area contributed by atoms with Gasteiger partial charge in [-0.05, 0) is 37.9 Å². The van der Waals surface area contributed by atoms with Crippen molar-refractivity contribution in [3.63, 3.8) is 0 Å². The summed E-state index contributed by atoms with van der Waals surface area (Å²) in [7, 11) is 0. The molecular formula is C10H15N3OS. The van der Waals surface area contributed by atoms with Crippen LogP contribution in [-0.2, 0) is 5.54 Å². The highest BCUT2D eigenvalue weighted by Gasteiger charge is 2.39. The fourth-order valence-corrected chi connectivity index (χ4v) is 3.31. The molecule has 2 heterocycles. The molecule has 1 unspecified atom stereocenters. The number of aromatic nitrogens is 2. The lowest BCUT2D eigenvalue weighted by atomic mass is 9.77. The van der Waals surface area contributed by atoms with Crippen molar-refractivity contribution in [3.8, 4) is 0 Å². The van der Waals surface area contributed by atoms with E-state index in [1.54, 1.807) is 0 Å².